The Bertz CT molecular complexity index is 485. The summed E-state index contributed by atoms with van der Waals surface area (Å²) in [6.45, 7) is 5.56. The highest BCUT2D eigenvalue weighted by atomic mass is 32.2. The second-order valence-corrected chi connectivity index (χ2v) is 6.76. The fourth-order valence-electron chi connectivity index (χ4n) is 1.84. The number of carbonyl (C=O) groups is 1. The fraction of sp³-hybridized carbons (Fsp3) is 0.429. The molecular formula is C14H19N3OS. The zero-order valence-corrected chi connectivity index (χ0v) is 12.3. The summed E-state index contributed by atoms with van der Waals surface area (Å²) in [4.78, 5) is 18.2. The van der Waals surface area contributed by atoms with E-state index in [9.17, 15) is 4.79 Å². The van der Waals surface area contributed by atoms with Gasteiger partial charge in [-0.05, 0) is 19.4 Å². The van der Waals surface area contributed by atoms with E-state index in [0.29, 0.717) is 6.54 Å². The molecule has 102 valence electrons. The van der Waals surface area contributed by atoms with Gasteiger partial charge in [-0.2, -0.15) is 0 Å². The molecule has 2 rings (SSSR count). The van der Waals surface area contributed by atoms with Crippen LogP contribution in [0.2, 0.25) is 0 Å². The summed E-state index contributed by atoms with van der Waals surface area (Å²) in [7, 11) is 1.64. The van der Waals surface area contributed by atoms with Crippen molar-refractivity contribution in [1.82, 2.24) is 10.2 Å². The summed E-state index contributed by atoms with van der Waals surface area (Å²) >= 11 is 1.65. The summed E-state index contributed by atoms with van der Waals surface area (Å²) in [5.74, 6) is 0. The monoisotopic (exact) mass is 277 g/mol. The smallest absolute Gasteiger partial charge is 0.323 e. The van der Waals surface area contributed by atoms with Crippen LogP contribution in [0.4, 0.5) is 4.79 Å². The minimum atomic E-state index is -0.118. The molecule has 19 heavy (non-hydrogen) atoms. The lowest BCUT2D eigenvalue weighted by molar-refractivity contribution is 0.222. The van der Waals surface area contributed by atoms with Crippen molar-refractivity contribution in [2.75, 3.05) is 13.6 Å². The quantitative estimate of drug-likeness (QED) is 0.903. The average Bonchev–Trinajstić information content (AvgIpc) is 2.76. The summed E-state index contributed by atoms with van der Waals surface area (Å²) in [5, 5.41) is 3.48. The number of urea groups is 1. The van der Waals surface area contributed by atoms with Gasteiger partial charge in [0.2, 0.25) is 0 Å². The van der Waals surface area contributed by atoms with Gasteiger partial charge < -0.3 is 5.32 Å². The first kappa shape index (κ1) is 13.9. The number of hydrogen-bond acceptors (Lipinski definition) is 3. The summed E-state index contributed by atoms with van der Waals surface area (Å²) in [5.41, 5.74) is 1.10. The van der Waals surface area contributed by atoms with Gasteiger partial charge >= 0.3 is 6.03 Å². The van der Waals surface area contributed by atoms with Crippen LogP contribution in [0.5, 0.6) is 0 Å². The molecule has 0 saturated carbocycles. The number of rotatable bonds is 2. The van der Waals surface area contributed by atoms with Crippen LogP contribution in [0.1, 0.15) is 19.4 Å². The van der Waals surface area contributed by atoms with Crippen LogP contribution < -0.4 is 5.32 Å². The Labute approximate surface area is 118 Å². The van der Waals surface area contributed by atoms with Crippen molar-refractivity contribution in [3.63, 3.8) is 0 Å². The third-order valence-electron chi connectivity index (χ3n) is 2.84. The standard InChI is InChI=1S/C14H19N3OS/c1-14(2)10-16-13(19-14)17(12(18)15-3)9-11-7-5-4-6-8-11/h4-8H,9-10H2,1-3H3,(H,15,18). The van der Waals surface area contributed by atoms with E-state index in [4.69, 9.17) is 0 Å². The minimum absolute atomic E-state index is 0.0678. The van der Waals surface area contributed by atoms with E-state index in [0.717, 1.165) is 17.3 Å². The van der Waals surface area contributed by atoms with Crippen LogP contribution in [0.3, 0.4) is 0 Å². The Kier molecular flexibility index (Phi) is 4.14. The molecule has 0 fully saturated rings. The number of nitrogens with one attached hydrogen (secondary N) is 1. The number of aliphatic imine (C=N–C) groups is 1. The maximum atomic E-state index is 12.0. The predicted molar refractivity (Wildman–Crippen MR) is 80.4 cm³/mol. The Morgan fingerprint density at radius 2 is 2.11 bits per heavy atom. The maximum absolute atomic E-state index is 12.0. The van der Waals surface area contributed by atoms with E-state index in [2.05, 4.69) is 24.2 Å². The fourth-order valence-corrected chi connectivity index (χ4v) is 2.85. The van der Waals surface area contributed by atoms with Crippen molar-refractivity contribution < 1.29 is 4.79 Å². The first-order chi connectivity index (χ1) is 9.02. The Morgan fingerprint density at radius 3 is 2.63 bits per heavy atom. The summed E-state index contributed by atoms with van der Waals surface area (Å²) in [6, 6.07) is 9.84. The lowest BCUT2D eigenvalue weighted by Gasteiger charge is -2.23. The van der Waals surface area contributed by atoms with Gasteiger partial charge in [0, 0.05) is 11.8 Å². The van der Waals surface area contributed by atoms with Crippen molar-refractivity contribution in [2.45, 2.75) is 25.1 Å². The topological polar surface area (TPSA) is 44.7 Å². The lowest BCUT2D eigenvalue weighted by atomic mass is 10.2. The molecule has 0 saturated heterocycles. The molecule has 1 heterocycles. The third kappa shape index (κ3) is 3.50. The van der Waals surface area contributed by atoms with E-state index >= 15 is 0 Å². The third-order valence-corrected chi connectivity index (χ3v) is 4.05. The van der Waals surface area contributed by atoms with Crippen molar-refractivity contribution in [3.05, 3.63) is 35.9 Å². The van der Waals surface area contributed by atoms with Crippen LogP contribution in [-0.2, 0) is 6.54 Å². The molecule has 5 heteroatoms. The van der Waals surface area contributed by atoms with Gasteiger partial charge in [0.25, 0.3) is 0 Å². The second kappa shape index (κ2) is 5.65. The summed E-state index contributed by atoms with van der Waals surface area (Å²) < 4.78 is 0.0678. The van der Waals surface area contributed by atoms with Crippen molar-refractivity contribution >= 4 is 23.0 Å². The largest absolute Gasteiger partial charge is 0.341 e. The van der Waals surface area contributed by atoms with Crippen molar-refractivity contribution in [2.24, 2.45) is 4.99 Å². The first-order valence-electron chi connectivity index (χ1n) is 6.28. The number of amidine groups is 1. The van der Waals surface area contributed by atoms with Gasteiger partial charge in [0.1, 0.15) is 0 Å². The zero-order chi connectivity index (χ0) is 13.9. The molecule has 0 spiro atoms. The number of benzene rings is 1. The molecule has 0 aliphatic carbocycles. The van der Waals surface area contributed by atoms with Gasteiger partial charge in [0.15, 0.2) is 5.17 Å². The maximum Gasteiger partial charge on any atom is 0.323 e. The molecule has 0 unspecified atom stereocenters. The van der Waals surface area contributed by atoms with Gasteiger partial charge in [-0.15, -0.1) is 0 Å². The molecule has 4 nitrogen and oxygen atoms in total. The number of thioether (sulfide) groups is 1. The second-order valence-electron chi connectivity index (χ2n) is 5.09. The molecule has 1 N–H and O–H groups in total. The molecular weight excluding hydrogens is 258 g/mol. The van der Waals surface area contributed by atoms with Crippen molar-refractivity contribution in [3.8, 4) is 0 Å². The number of carbonyl (C=O) groups excluding carboxylic acids is 1. The average molecular weight is 277 g/mol. The first-order valence-corrected chi connectivity index (χ1v) is 7.10. The number of amides is 2. The van der Waals surface area contributed by atoms with E-state index < -0.39 is 0 Å². The lowest BCUT2D eigenvalue weighted by Crippen LogP contribution is -2.40. The van der Waals surface area contributed by atoms with Crippen LogP contribution in [0.25, 0.3) is 0 Å². The molecule has 0 radical (unpaired) electrons. The molecule has 1 aromatic carbocycles. The Balaban J connectivity index is 2.16. The van der Waals surface area contributed by atoms with Gasteiger partial charge in [0.05, 0.1) is 13.1 Å². The molecule has 1 aliphatic rings. The highest BCUT2D eigenvalue weighted by molar-refractivity contribution is 8.15. The Hall–Kier alpha value is -1.49. The van der Waals surface area contributed by atoms with Crippen LogP contribution >= 0.6 is 11.8 Å². The molecule has 0 atom stereocenters. The molecule has 0 aromatic heterocycles. The molecule has 2 amide bonds. The van der Waals surface area contributed by atoms with E-state index in [1.54, 1.807) is 23.7 Å². The molecule has 1 aromatic rings. The SMILES string of the molecule is CNC(=O)N(Cc1ccccc1)C1=NCC(C)(C)S1. The van der Waals surface area contributed by atoms with Crippen LogP contribution in [-0.4, -0.2) is 34.4 Å². The van der Waals surface area contributed by atoms with E-state index in [-0.39, 0.29) is 10.8 Å². The van der Waals surface area contributed by atoms with Crippen molar-refractivity contribution in [1.29, 1.82) is 0 Å². The zero-order valence-electron chi connectivity index (χ0n) is 11.5. The summed E-state index contributed by atoms with van der Waals surface area (Å²) in [6.07, 6.45) is 0. The van der Waals surface area contributed by atoms with Gasteiger partial charge in [-0.3, -0.25) is 9.89 Å². The van der Waals surface area contributed by atoms with Crippen LogP contribution in [0.15, 0.2) is 35.3 Å². The van der Waals surface area contributed by atoms with Crippen LogP contribution in [0, 0.1) is 0 Å². The normalized spacial score (nSPS) is 16.9. The van der Waals surface area contributed by atoms with Gasteiger partial charge in [-0.25, -0.2) is 4.79 Å². The number of nitrogens with zero attached hydrogens (tertiary/aromatic N) is 2. The Morgan fingerprint density at radius 1 is 1.42 bits per heavy atom. The van der Waals surface area contributed by atoms with Gasteiger partial charge in [-0.1, -0.05) is 42.1 Å². The highest BCUT2D eigenvalue weighted by Gasteiger charge is 2.32. The number of hydrogen-bond donors (Lipinski definition) is 1. The minimum Gasteiger partial charge on any atom is -0.341 e. The van der Waals surface area contributed by atoms with E-state index in [1.807, 2.05) is 30.3 Å². The molecule has 1 aliphatic heterocycles. The highest BCUT2D eigenvalue weighted by Crippen LogP contribution is 2.33. The van der Waals surface area contributed by atoms with E-state index in [1.165, 1.54) is 0 Å². The predicted octanol–water partition coefficient (Wildman–Crippen LogP) is 2.71. The molecule has 0 bridgehead atoms.